The highest BCUT2D eigenvalue weighted by atomic mass is 35.5. The van der Waals surface area contributed by atoms with Gasteiger partial charge in [-0.1, -0.05) is 25.4 Å². The molecule has 0 heterocycles. The van der Waals surface area contributed by atoms with Crippen LogP contribution in [0.4, 0.5) is 0 Å². The van der Waals surface area contributed by atoms with E-state index in [2.05, 4.69) is 4.72 Å². The number of benzene rings is 1. The molecule has 1 aromatic rings. The normalized spacial score (nSPS) is 13.7. The van der Waals surface area contributed by atoms with Crippen LogP contribution in [0, 0.1) is 5.92 Å². The molecule has 0 fully saturated rings. The van der Waals surface area contributed by atoms with Crippen molar-refractivity contribution >= 4 is 21.6 Å². The van der Waals surface area contributed by atoms with Gasteiger partial charge in [-0.3, -0.25) is 0 Å². The topological polar surface area (TPSA) is 55.4 Å². The molecule has 1 atom stereocenters. The summed E-state index contributed by atoms with van der Waals surface area (Å²) in [5.41, 5.74) is 0. The van der Waals surface area contributed by atoms with Crippen molar-refractivity contribution in [2.75, 3.05) is 7.11 Å². The second-order valence-corrected chi connectivity index (χ2v) is 6.57. The molecule has 0 amide bonds. The van der Waals surface area contributed by atoms with Crippen molar-refractivity contribution in [2.24, 2.45) is 5.92 Å². The largest absolute Gasteiger partial charge is 0.495 e. The van der Waals surface area contributed by atoms with Gasteiger partial charge in [0.1, 0.15) is 10.6 Å². The molecule has 18 heavy (non-hydrogen) atoms. The minimum atomic E-state index is -3.63. The van der Waals surface area contributed by atoms with Gasteiger partial charge in [-0.25, -0.2) is 13.1 Å². The van der Waals surface area contributed by atoms with Gasteiger partial charge in [-0.15, -0.1) is 0 Å². The molecular weight excluding hydrogens is 274 g/mol. The van der Waals surface area contributed by atoms with Crippen LogP contribution in [-0.4, -0.2) is 21.6 Å². The van der Waals surface area contributed by atoms with Crippen LogP contribution in [0.3, 0.4) is 0 Å². The van der Waals surface area contributed by atoms with E-state index in [0.29, 0.717) is 5.02 Å². The fraction of sp³-hybridized carbons (Fsp3) is 0.500. The van der Waals surface area contributed by atoms with Crippen LogP contribution in [0.5, 0.6) is 5.75 Å². The van der Waals surface area contributed by atoms with Gasteiger partial charge in [0.25, 0.3) is 0 Å². The van der Waals surface area contributed by atoms with E-state index in [1.165, 1.54) is 19.2 Å². The highest BCUT2D eigenvalue weighted by Crippen LogP contribution is 2.27. The third-order valence-electron chi connectivity index (χ3n) is 2.76. The lowest BCUT2D eigenvalue weighted by Crippen LogP contribution is -2.36. The van der Waals surface area contributed by atoms with Crippen molar-refractivity contribution in [1.29, 1.82) is 0 Å². The number of sulfonamides is 1. The summed E-state index contributed by atoms with van der Waals surface area (Å²) in [5.74, 6) is 0.479. The van der Waals surface area contributed by atoms with Gasteiger partial charge in [0.15, 0.2) is 0 Å². The van der Waals surface area contributed by atoms with E-state index in [9.17, 15) is 8.42 Å². The zero-order valence-electron chi connectivity index (χ0n) is 10.9. The summed E-state index contributed by atoms with van der Waals surface area (Å²) in [6, 6.07) is 4.34. The SMILES string of the molecule is COc1ccc(Cl)cc1S(=O)(=O)N[C@H](C)C(C)C. The Morgan fingerprint density at radius 2 is 1.89 bits per heavy atom. The molecule has 1 aromatic carbocycles. The first-order valence-corrected chi connectivity index (χ1v) is 7.50. The molecule has 0 spiro atoms. The van der Waals surface area contributed by atoms with E-state index in [4.69, 9.17) is 16.3 Å². The molecule has 102 valence electrons. The third-order valence-corrected chi connectivity index (χ3v) is 4.57. The van der Waals surface area contributed by atoms with Crippen LogP contribution < -0.4 is 9.46 Å². The van der Waals surface area contributed by atoms with Crippen LogP contribution in [0.1, 0.15) is 20.8 Å². The summed E-state index contributed by atoms with van der Waals surface area (Å²) in [4.78, 5) is 0.0602. The maximum Gasteiger partial charge on any atom is 0.244 e. The first-order chi connectivity index (χ1) is 8.27. The van der Waals surface area contributed by atoms with Crippen molar-refractivity contribution in [3.8, 4) is 5.75 Å². The Morgan fingerprint density at radius 3 is 2.39 bits per heavy atom. The second-order valence-electron chi connectivity index (χ2n) is 4.45. The zero-order valence-corrected chi connectivity index (χ0v) is 12.5. The van der Waals surface area contributed by atoms with Crippen LogP contribution >= 0.6 is 11.6 Å². The van der Waals surface area contributed by atoms with E-state index >= 15 is 0 Å². The first kappa shape index (κ1) is 15.3. The highest BCUT2D eigenvalue weighted by Gasteiger charge is 2.23. The van der Waals surface area contributed by atoms with Crippen LogP contribution in [0.15, 0.2) is 23.1 Å². The van der Waals surface area contributed by atoms with Crippen molar-refractivity contribution in [2.45, 2.75) is 31.7 Å². The van der Waals surface area contributed by atoms with Gasteiger partial charge in [-0.05, 0) is 31.0 Å². The number of rotatable bonds is 5. The van der Waals surface area contributed by atoms with Gasteiger partial charge < -0.3 is 4.74 Å². The monoisotopic (exact) mass is 291 g/mol. The van der Waals surface area contributed by atoms with Crippen molar-refractivity contribution in [3.05, 3.63) is 23.2 Å². The third kappa shape index (κ3) is 3.60. The average Bonchev–Trinajstić information content (AvgIpc) is 2.28. The number of hydrogen-bond acceptors (Lipinski definition) is 3. The number of methoxy groups -OCH3 is 1. The number of ether oxygens (including phenoxy) is 1. The molecule has 4 nitrogen and oxygen atoms in total. The molecule has 0 bridgehead atoms. The summed E-state index contributed by atoms with van der Waals surface area (Å²) < 4.78 is 32.1. The van der Waals surface area contributed by atoms with Crippen molar-refractivity contribution < 1.29 is 13.2 Å². The Balaban J connectivity index is 3.15. The molecule has 6 heteroatoms. The molecule has 1 N–H and O–H groups in total. The summed E-state index contributed by atoms with van der Waals surface area (Å²) >= 11 is 5.83. The Morgan fingerprint density at radius 1 is 1.28 bits per heavy atom. The molecule has 1 rings (SSSR count). The summed E-state index contributed by atoms with van der Waals surface area (Å²) in [6.07, 6.45) is 0. The van der Waals surface area contributed by atoms with Gasteiger partial charge in [-0.2, -0.15) is 0 Å². The van der Waals surface area contributed by atoms with Gasteiger partial charge in [0, 0.05) is 11.1 Å². The molecule has 0 saturated heterocycles. The fourth-order valence-corrected chi connectivity index (χ4v) is 3.13. The lowest BCUT2D eigenvalue weighted by molar-refractivity contribution is 0.401. The second kappa shape index (κ2) is 5.91. The Hall–Kier alpha value is -0.780. The van der Waals surface area contributed by atoms with Crippen molar-refractivity contribution in [3.63, 3.8) is 0 Å². The molecule has 0 aliphatic rings. The van der Waals surface area contributed by atoms with Crippen LogP contribution in [0.2, 0.25) is 5.02 Å². The van der Waals surface area contributed by atoms with Gasteiger partial charge in [0.05, 0.1) is 7.11 Å². The summed E-state index contributed by atoms with van der Waals surface area (Å²) in [7, 11) is -2.20. The standard InChI is InChI=1S/C12H18ClNO3S/c1-8(2)9(3)14-18(15,16)12-7-10(13)5-6-11(12)17-4/h5-9,14H,1-4H3/t9-/m1/s1. The smallest absolute Gasteiger partial charge is 0.244 e. The molecule has 0 aliphatic heterocycles. The zero-order chi connectivity index (χ0) is 13.9. The maximum atomic E-state index is 12.2. The average molecular weight is 292 g/mol. The molecular formula is C12H18ClNO3S. The minimum Gasteiger partial charge on any atom is -0.495 e. The molecule has 0 saturated carbocycles. The lowest BCUT2D eigenvalue weighted by atomic mass is 10.1. The van der Waals surface area contributed by atoms with E-state index < -0.39 is 10.0 Å². The quantitative estimate of drug-likeness (QED) is 0.907. The summed E-state index contributed by atoms with van der Waals surface area (Å²) in [6.45, 7) is 5.71. The Bertz CT molecular complexity index is 514. The predicted octanol–water partition coefficient (Wildman–Crippen LogP) is 2.67. The maximum absolute atomic E-state index is 12.2. The van der Waals surface area contributed by atoms with Crippen molar-refractivity contribution in [1.82, 2.24) is 4.72 Å². The lowest BCUT2D eigenvalue weighted by Gasteiger charge is -2.18. The number of hydrogen-bond donors (Lipinski definition) is 1. The van der Waals surface area contributed by atoms with E-state index in [0.717, 1.165) is 0 Å². The van der Waals surface area contributed by atoms with Crippen LogP contribution in [0.25, 0.3) is 0 Å². The minimum absolute atomic E-state index is 0.0602. The van der Waals surface area contributed by atoms with Gasteiger partial charge in [0.2, 0.25) is 10.0 Å². The summed E-state index contributed by atoms with van der Waals surface area (Å²) in [5, 5.41) is 0.355. The molecule has 0 aromatic heterocycles. The van der Waals surface area contributed by atoms with E-state index in [1.807, 2.05) is 20.8 Å². The van der Waals surface area contributed by atoms with E-state index in [1.54, 1.807) is 6.07 Å². The highest BCUT2D eigenvalue weighted by molar-refractivity contribution is 7.89. The first-order valence-electron chi connectivity index (χ1n) is 5.64. The predicted molar refractivity (Wildman–Crippen MR) is 72.6 cm³/mol. The number of halogens is 1. The number of nitrogens with one attached hydrogen (secondary N) is 1. The Kier molecular flexibility index (Phi) is 5.01. The fourth-order valence-electron chi connectivity index (χ4n) is 1.30. The van der Waals surface area contributed by atoms with Crippen LogP contribution in [-0.2, 0) is 10.0 Å². The molecule has 0 aliphatic carbocycles. The van der Waals surface area contributed by atoms with E-state index in [-0.39, 0.29) is 22.6 Å². The Labute approximate surface area is 113 Å². The molecule has 0 radical (unpaired) electrons. The van der Waals surface area contributed by atoms with Gasteiger partial charge >= 0.3 is 0 Å². The molecule has 0 unspecified atom stereocenters.